The Hall–Kier alpha value is -1.56. The van der Waals surface area contributed by atoms with Crippen molar-refractivity contribution in [3.63, 3.8) is 0 Å². The molecule has 5 nitrogen and oxygen atoms in total. The highest BCUT2D eigenvalue weighted by Crippen LogP contribution is 2.22. The molecule has 2 aromatic heterocycles. The van der Waals surface area contributed by atoms with Gasteiger partial charge in [0.05, 0.1) is 0 Å². The van der Waals surface area contributed by atoms with Crippen LogP contribution in [0.4, 0.5) is 5.82 Å². The smallest absolute Gasteiger partial charge is 0.188 e. The van der Waals surface area contributed by atoms with Gasteiger partial charge in [-0.2, -0.15) is 5.10 Å². The maximum atomic E-state index is 5.44. The van der Waals surface area contributed by atoms with Crippen LogP contribution < -0.4 is 5.73 Å². The van der Waals surface area contributed by atoms with E-state index in [0.717, 1.165) is 10.1 Å². The minimum absolute atomic E-state index is 0.516. The molecule has 0 amide bonds. The first-order valence-corrected chi connectivity index (χ1v) is 4.41. The molecule has 0 atom stereocenters. The molecule has 2 rings (SSSR count). The summed E-state index contributed by atoms with van der Waals surface area (Å²) in [4.78, 5) is 8.90. The minimum atomic E-state index is 0.516. The van der Waals surface area contributed by atoms with E-state index in [2.05, 4.69) is 20.2 Å². The quantitative estimate of drug-likeness (QED) is 0.741. The molecule has 3 N–H and O–H groups in total. The standard InChI is InChI=1S/C7H7N5S/c8-6-2-1-5(3-9-6)13-7-10-4-11-12-7/h1-4H,(H2,8,9)(H,10,11,12). The van der Waals surface area contributed by atoms with Crippen LogP contribution in [-0.2, 0) is 0 Å². The van der Waals surface area contributed by atoms with Crippen LogP contribution in [0.15, 0.2) is 34.7 Å². The van der Waals surface area contributed by atoms with Gasteiger partial charge in [-0.1, -0.05) is 0 Å². The first-order chi connectivity index (χ1) is 6.34. The summed E-state index contributed by atoms with van der Waals surface area (Å²) in [7, 11) is 0. The molecule has 66 valence electrons. The van der Waals surface area contributed by atoms with Crippen molar-refractivity contribution in [1.82, 2.24) is 20.2 Å². The zero-order valence-electron chi connectivity index (χ0n) is 6.64. The molecule has 0 unspecified atom stereocenters. The van der Waals surface area contributed by atoms with E-state index >= 15 is 0 Å². The third kappa shape index (κ3) is 1.97. The molecule has 0 aliphatic rings. The molecule has 2 heterocycles. The first kappa shape index (κ1) is 8.06. The monoisotopic (exact) mass is 193 g/mol. The van der Waals surface area contributed by atoms with Crippen molar-refractivity contribution in [2.75, 3.05) is 5.73 Å². The second-order valence-corrected chi connectivity index (χ2v) is 3.37. The van der Waals surface area contributed by atoms with E-state index in [-0.39, 0.29) is 0 Å². The molecule has 2 aromatic rings. The Morgan fingerprint density at radius 3 is 2.85 bits per heavy atom. The number of anilines is 1. The van der Waals surface area contributed by atoms with Gasteiger partial charge < -0.3 is 5.73 Å². The summed E-state index contributed by atoms with van der Waals surface area (Å²) in [5.41, 5.74) is 5.44. The van der Waals surface area contributed by atoms with Crippen LogP contribution in [-0.4, -0.2) is 20.2 Å². The highest BCUT2D eigenvalue weighted by Gasteiger charge is 1.99. The lowest BCUT2D eigenvalue weighted by Crippen LogP contribution is -1.88. The predicted molar refractivity (Wildman–Crippen MR) is 49.2 cm³/mol. The molecule has 0 aromatic carbocycles. The van der Waals surface area contributed by atoms with Gasteiger partial charge in [0.2, 0.25) is 0 Å². The van der Waals surface area contributed by atoms with E-state index in [1.165, 1.54) is 18.1 Å². The molecule has 0 radical (unpaired) electrons. The SMILES string of the molecule is Nc1ccc(Sc2ncn[nH]2)cn1. The van der Waals surface area contributed by atoms with Crippen molar-refractivity contribution in [3.8, 4) is 0 Å². The maximum Gasteiger partial charge on any atom is 0.188 e. The van der Waals surface area contributed by atoms with E-state index in [4.69, 9.17) is 5.73 Å². The number of hydrogen-bond donors (Lipinski definition) is 2. The fourth-order valence-electron chi connectivity index (χ4n) is 0.807. The Bertz CT molecular complexity index is 368. The van der Waals surface area contributed by atoms with Gasteiger partial charge in [-0.05, 0) is 23.9 Å². The van der Waals surface area contributed by atoms with Crippen LogP contribution >= 0.6 is 11.8 Å². The summed E-state index contributed by atoms with van der Waals surface area (Å²) in [5.74, 6) is 0.516. The van der Waals surface area contributed by atoms with Crippen molar-refractivity contribution in [2.45, 2.75) is 10.1 Å². The lowest BCUT2D eigenvalue weighted by Gasteiger charge is -1.96. The molecule has 6 heteroatoms. The van der Waals surface area contributed by atoms with E-state index < -0.39 is 0 Å². The largest absolute Gasteiger partial charge is 0.384 e. The van der Waals surface area contributed by atoms with E-state index in [1.807, 2.05) is 6.07 Å². The third-order valence-electron chi connectivity index (χ3n) is 1.37. The fourth-order valence-corrected chi connectivity index (χ4v) is 1.47. The summed E-state index contributed by atoms with van der Waals surface area (Å²) in [6.45, 7) is 0. The fraction of sp³-hybridized carbons (Fsp3) is 0. The molecule has 0 saturated carbocycles. The van der Waals surface area contributed by atoms with Crippen molar-refractivity contribution >= 4 is 17.6 Å². The lowest BCUT2D eigenvalue weighted by molar-refractivity contribution is 0.972. The number of nitrogens with two attached hydrogens (primary N) is 1. The van der Waals surface area contributed by atoms with E-state index in [0.29, 0.717) is 5.82 Å². The zero-order valence-corrected chi connectivity index (χ0v) is 7.45. The zero-order chi connectivity index (χ0) is 9.10. The van der Waals surface area contributed by atoms with Gasteiger partial charge in [0.15, 0.2) is 5.16 Å². The molecule has 0 fully saturated rings. The molecule has 0 aliphatic carbocycles. The third-order valence-corrected chi connectivity index (χ3v) is 2.23. The molecular weight excluding hydrogens is 186 g/mol. The average Bonchev–Trinajstić information content (AvgIpc) is 2.62. The number of nitrogens with one attached hydrogen (secondary N) is 1. The van der Waals surface area contributed by atoms with Crippen molar-refractivity contribution in [3.05, 3.63) is 24.7 Å². The summed E-state index contributed by atoms with van der Waals surface area (Å²) in [6.07, 6.45) is 3.16. The predicted octanol–water partition coefficient (Wildman–Crippen LogP) is 0.933. The van der Waals surface area contributed by atoms with Crippen LogP contribution in [0.1, 0.15) is 0 Å². The average molecular weight is 193 g/mol. The second kappa shape index (κ2) is 3.44. The van der Waals surface area contributed by atoms with Crippen LogP contribution in [0, 0.1) is 0 Å². The normalized spacial score (nSPS) is 10.2. The van der Waals surface area contributed by atoms with Crippen LogP contribution in [0.25, 0.3) is 0 Å². The number of nitrogen functional groups attached to an aromatic ring is 1. The van der Waals surface area contributed by atoms with E-state index in [9.17, 15) is 0 Å². The first-order valence-electron chi connectivity index (χ1n) is 3.59. The molecule has 0 spiro atoms. The Morgan fingerprint density at radius 2 is 2.23 bits per heavy atom. The Balaban J connectivity index is 2.15. The number of pyridine rings is 1. The molecule has 0 saturated heterocycles. The van der Waals surface area contributed by atoms with Crippen molar-refractivity contribution < 1.29 is 0 Å². The Labute approximate surface area is 78.8 Å². The van der Waals surface area contributed by atoms with Gasteiger partial charge in [-0.15, -0.1) is 0 Å². The van der Waals surface area contributed by atoms with Gasteiger partial charge in [-0.25, -0.2) is 9.97 Å². The highest BCUT2D eigenvalue weighted by molar-refractivity contribution is 7.99. The van der Waals surface area contributed by atoms with Crippen molar-refractivity contribution in [2.24, 2.45) is 0 Å². The van der Waals surface area contributed by atoms with Gasteiger partial charge in [0.25, 0.3) is 0 Å². The van der Waals surface area contributed by atoms with Gasteiger partial charge in [-0.3, -0.25) is 5.10 Å². The Kier molecular flexibility index (Phi) is 2.13. The van der Waals surface area contributed by atoms with Crippen molar-refractivity contribution in [1.29, 1.82) is 0 Å². The second-order valence-electron chi connectivity index (χ2n) is 2.31. The minimum Gasteiger partial charge on any atom is -0.384 e. The number of H-pyrrole nitrogens is 1. The van der Waals surface area contributed by atoms with Gasteiger partial charge >= 0.3 is 0 Å². The number of hydrogen-bond acceptors (Lipinski definition) is 5. The van der Waals surface area contributed by atoms with Gasteiger partial charge in [0, 0.05) is 11.1 Å². The van der Waals surface area contributed by atoms with Gasteiger partial charge in [0.1, 0.15) is 12.1 Å². The highest BCUT2D eigenvalue weighted by atomic mass is 32.2. The van der Waals surface area contributed by atoms with E-state index in [1.54, 1.807) is 12.3 Å². The summed E-state index contributed by atoms with van der Waals surface area (Å²) >= 11 is 1.46. The molecule has 0 bridgehead atoms. The molecular formula is C7H7N5S. The number of aromatic nitrogens is 4. The summed E-state index contributed by atoms with van der Waals surface area (Å²) in [6, 6.07) is 3.63. The maximum absolute atomic E-state index is 5.44. The number of nitrogens with zero attached hydrogens (tertiary/aromatic N) is 3. The molecule has 0 aliphatic heterocycles. The summed E-state index contributed by atoms with van der Waals surface area (Å²) < 4.78 is 0. The topological polar surface area (TPSA) is 80.5 Å². The molecule has 13 heavy (non-hydrogen) atoms. The Morgan fingerprint density at radius 1 is 1.31 bits per heavy atom. The van der Waals surface area contributed by atoms with Crippen LogP contribution in [0.3, 0.4) is 0 Å². The number of aromatic amines is 1. The van der Waals surface area contributed by atoms with Crippen LogP contribution in [0.5, 0.6) is 0 Å². The summed E-state index contributed by atoms with van der Waals surface area (Å²) in [5, 5.41) is 7.22. The van der Waals surface area contributed by atoms with Crippen LogP contribution in [0.2, 0.25) is 0 Å². The number of rotatable bonds is 2. The lowest BCUT2D eigenvalue weighted by atomic mass is 10.5.